The highest BCUT2D eigenvalue weighted by Gasteiger charge is 2.38. The van der Waals surface area contributed by atoms with Gasteiger partial charge in [0.15, 0.2) is 0 Å². The standard InChI is InChI=1S/C19H19ClF2N2O/c1-24(2)16-6-10(18-14(21)7-11(20)8-15(18)22)5-12-13-9-23-4-3-17(13)25-19(12)16/h5-8,13,17,23H,3-4,9H2,1-2H3/t13-,17-/m0/s1. The third kappa shape index (κ3) is 2.75. The summed E-state index contributed by atoms with van der Waals surface area (Å²) in [4.78, 5) is 1.92. The van der Waals surface area contributed by atoms with Crippen LogP contribution in [0.15, 0.2) is 24.3 Å². The first-order valence-corrected chi connectivity index (χ1v) is 8.71. The minimum atomic E-state index is -0.660. The molecule has 2 aliphatic heterocycles. The lowest BCUT2D eigenvalue weighted by molar-refractivity contribution is 0.173. The van der Waals surface area contributed by atoms with Crippen molar-refractivity contribution in [1.29, 1.82) is 0 Å². The molecule has 1 saturated heterocycles. The smallest absolute Gasteiger partial charge is 0.146 e. The molecule has 25 heavy (non-hydrogen) atoms. The molecule has 4 rings (SSSR count). The fourth-order valence-corrected chi connectivity index (χ4v) is 3.96. The minimum absolute atomic E-state index is 0.0487. The molecular formula is C19H19ClF2N2O. The molecule has 0 bridgehead atoms. The summed E-state index contributed by atoms with van der Waals surface area (Å²) in [5.74, 6) is -0.304. The average molecular weight is 365 g/mol. The van der Waals surface area contributed by atoms with Crippen molar-refractivity contribution >= 4 is 17.3 Å². The summed E-state index contributed by atoms with van der Waals surface area (Å²) in [6.45, 7) is 1.72. The fourth-order valence-electron chi connectivity index (χ4n) is 3.77. The Morgan fingerprint density at radius 3 is 2.56 bits per heavy atom. The number of fused-ring (bicyclic) bond motifs is 3. The topological polar surface area (TPSA) is 24.5 Å². The Hall–Kier alpha value is -1.85. The van der Waals surface area contributed by atoms with Gasteiger partial charge in [-0.1, -0.05) is 11.6 Å². The Morgan fingerprint density at radius 2 is 1.88 bits per heavy atom. The molecule has 3 nitrogen and oxygen atoms in total. The van der Waals surface area contributed by atoms with E-state index >= 15 is 0 Å². The van der Waals surface area contributed by atoms with Gasteiger partial charge in [-0.25, -0.2) is 8.78 Å². The summed E-state index contributed by atoms with van der Waals surface area (Å²) in [7, 11) is 3.80. The molecule has 2 heterocycles. The molecule has 0 aromatic heterocycles. The van der Waals surface area contributed by atoms with Crippen molar-refractivity contribution in [3.05, 3.63) is 46.5 Å². The predicted octanol–water partition coefficient (Wildman–Crippen LogP) is 4.19. The molecule has 1 N–H and O–H groups in total. The Labute approximate surface area is 150 Å². The van der Waals surface area contributed by atoms with Gasteiger partial charge in [0.2, 0.25) is 0 Å². The van der Waals surface area contributed by atoms with Gasteiger partial charge in [-0.2, -0.15) is 0 Å². The summed E-state index contributed by atoms with van der Waals surface area (Å²) in [6.07, 6.45) is 1.04. The van der Waals surface area contributed by atoms with Crippen LogP contribution in [0.2, 0.25) is 5.02 Å². The largest absolute Gasteiger partial charge is 0.487 e. The van der Waals surface area contributed by atoms with E-state index in [0.717, 1.165) is 48.6 Å². The monoisotopic (exact) mass is 364 g/mol. The second kappa shape index (κ2) is 6.15. The van der Waals surface area contributed by atoms with E-state index in [1.165, 1.54) is 0 Å². The number of ether oxygens (including phenoxy) is 1. The molecule has 0 radical (unpaired) electrons. The summed E-state index contributed by atoms with van der Waals surface area (Å²) in [5, 5.41) is 3.42. The van der Waals surface area contributed by atoms with Crippen LogP contribution in [0.5, 0.6) is 5.75 Å². The summed E-state index contributed by atoms with van der Waals surface area (Å²) < 4.78 is 35.0. The number of halogens is 3. The zero-order valence-corrected chi connectivity index (χ0v) is 14.8. The molecule has 1 fully saturated rings. The molecular weight excluding hydrogens is 346 g/mol. The maximum absolute atomic E-state index is 14.4. The Balaban J connectivity index is 1.91. The maximum Gasteiger partial charge on any atom is 0.146 e. The van der Waals surface area contributed by atoms with Gasteiger partial charge in [-0.3, -0.25) is 0 Å². The molecule has 2 aliphatic rings. The number of piperidine rings is 1. The molecule has 0 spiro atoms. The highest BCUT2D eigenvalue weighted by atomic mass is 35.5. The van der Waals surface area contributed by atoms with Crippen LogP contribution in [0.25, 0.3) is 11.1 Å². The van der Waals surface area contributed by atoms with E-state index in [-0.39, 0.29) is 22.6 Å². The fraction of sp³-hybridized carbons (Fsp3) is 0.368. The molecule has 0 unspecified atom stereocenters. The number of rotatable bonds is 2. The first-order valence-electron chi connectivity index (χ1n) is 8.33. The van der Waals surface area contributed by atoms with Gasteiger partial charge in [0.05, 0.1) is 11.3 Å². The Kier molecular flexibility index (Phi) is 4.08. The summed E-state index contributed by atoms with van der Waals surface area (Å²) in [6, 6.07) is 5.92. The van der Waals surface area contributed by atoms with Crippen LogP contribution in [0.3, 0.4) is 0 Å². The van der Waals surface area contributed by atoms with E-state index in [0.29, 0.717) is 5.56 Å². The molecule has 6 heteroatoms. The highest BCUT2D eigenvalue weighted by molar-refractivity contribution is 6.30. The van der Waals surface area contributed by atoms with Gasteiger partial charge in [-0.05, 0) is 42.8 Å². The normalized spacial score (nSPS) is 21.5. The lowest BCUT2D eigenvalue weighted by Gasteiger charge is -2.24. The third-order valence-electron chi connectivity index (χ3n) is 4.96. The van der Waals surface area contributed by atoms with Crippen LogP contribution in [0.1, 0.15) is 17.9 Å². The third-order valence-corrected chi connectivity index (χ3v) is 5.18. The quantitative estimate of drug-likeness (QED) is 0.864. The summed E-state index contributed by atoms with van der Waals surface area (Å²) in [5.41, 5.74) is 2.29. The van der Waals surface area contributed by atoms with Crippen LogP contribution in [-0.2, 0) is 0 Å². The van der Waals surface area contributed by atoms with Crippen LogP contribution in [0, 0.1) is 11.6 Å². The van der Waals surface area contributed by atoms with Crippen molar-refractivity contribution < 1.29 is 13.5 Å². The SMILES string of the molecule is CN(C)c1cc(-c2c(F)cc(Cl)cc2F)cc2c1O[C@H]1CCNC[C@@H]21. The summed E-state index contributed by atoms with van der Waals surface area (Å²) >= 11 is 5.76. The van der Waals surface area contributed by atoms with Crippen molar-refractivity contribution in [2.24, 2.45) is 0 Å². The maximum atomic E-state index is 14.4. The molecule has 0 aliphatic carbocycles. The van der Waals surface area contributed by atoms with E-state index in [9.17, 15) is 8.78 Å². The van der Waals surface area contributed by atoms with Gasteiger partial charge in [0.1, 0.15) is 23.5 Å². The zero-order chi connectivity index (χ0) is 17.7. The minimum Gasteiger partial charge on any atom is -0.487 e. The number of anilines is 1. The predicted molar refractivity (Wildman–Crippen MR) is 95.8 cm³/mol. The zero-order valence-electron chi connectivity index (χ0n) is 14.1. The average Bonchev–Trinajstić information content (AvgIpc) is 2.91. The van der Waals surface area contributed by atoms with Gasteiger partial charge < -0.3 is 15.0 Å². The van der Waals surface area contributed by atoms with Gasteiger partial charge >= 0.3 is 0 Å². The van der Waals surface area contributed by atoms with Crippen molar-refractivity contribution in [2.45, 2.75) is 18.4 Å². The second-order valence-electron chi connectivity index (χ2n) is 6.81. The van der Waals surface area contributed by atoms with E-state index in [2.05, 4.69) is 5.32 Å². The molecule has 0 saturated carbocycles. The van der Waals surface area contributed by atoms with Gasteiger partial charge in [0.25, 0.3) is 0 Å². The molecule has 2 atom stereocenters. The van der Waals surface area contributed by atoms with Crippen LogP contribution in [-0.4, -0.2) is 33.3 Å². The molecule has 132 valence electrons. The van der Waals surface area contributed by atoms with Crippen LogP contribution >= 0.6 is 11.6 Å². The first-order chi connectivity index (χ1) is 12.0. The first kappa shape index (κ1) is 16.6. The number of hydrogen-bond donors (Lipinski definition) is 1. The number of nitrogens with one attached hydrogen (secondary N) is 1. The number of benzene rings is 2. The second-order valence-corrected chi connectivity index (χ2v) is 7.24. The van der Waals surface area contributed by atoms with E-state index in [1.54, 1.807) is 6.07 Å². The lowest BCUT2D eigenvalue weighted by Crippen LogP contribution is -2.37. The molecule has 2 aromatic rings. The van der Waals surface area contributed by atoms with E-state index in [4.69, 9.17) is 16.3 Å². The van der Waals surface area contributed by atoms with Crippen molar-refractivity contribution in [3.63, 3.8) is 0 Å². The van der Waals surface area contributed by atoms with Crippen molar-refractivity contribution in [1.82, 2.24) is 5.32 Å². The Bertz CT molecular complexity index is 817. The number of nitrogens with zero attached hydrogens (tertiary/aromatic N) is 1. The number of hydrogen-bond acceptors (Lipinski definition) is 3. The highest BCUT2D eigenvalue weighted by Crippen LogP contribution is 2.48. The van der Waals surface area contributed by atoms with Crippen molar-refractivity contribution in [3.8, 4) is 16.9 Å². The van der Waals surface area contributed by atoms with Crippen LogP contribution in [0.4, 0.5) is 14.5 Å². The van der Waals surface area contributed by atoms with Gasteiger partial charge in [-0.15, -0.1) is 0 Å². The van der Waals surface area contributed by atoms with Gasteiger partial charge in [0, 0.05) is 37.1 Å². The van der Waals surface area contributed by atoms with E-state index in [1.807, 2.05) is 25.1 Å². The van der Waals surface area contributed by atoms with Crippen LogP contribution < -0.4 is 15.0 Å². The Morgan fingerprint density at radius 1 is 1.16 bits per heavy atom. The molecule has 2 aromatic carbocycles. The van der Waals surface area contributed by atoms with Crippen molar-refractivity contribution in [2.75, 3.05) is 32.1 Å². The molecule has 0 amide bonds. The lowest BCUT2D eigenvalue weighted by atomic mass is 9.88. The van der Waals surface area contributed by atoms with E-state index < -0.39 is 11.6 Å².